The number of benzene rings is 3. The van der Waals surface area contributed by atoms with Crippen LogP contribution in [0.15, 0.2) is 77.3 Å². The average Bonchev–Trinajstić information content (AvgIpc) is 3.50. The largest absolute Gasteiger partial charge is 0.495 e. The number of halogens is 1. The zero-order chi connectivity index (χ0) is 31.9. The van der Waals surface area contributed by atoms with Crippen molar-refractivity contribution in [1.29, 1.82) is 0 Å². The van der Waals surface area contributed by atoms with Crippen molar-refractivity contribution in [3.05, 3.63) is 98.5 Å². The summed E-state index contributed by atoms with van der Waals surface area (Å²) in [5.74, 6) is -0.957. The summed E-state index contributed by atoms with van der Waals surface area (Å²) in [5, 5.41) is 14.7. The normalized spacial score (nSPS) is 14.1. The lowest BCUT2D eigenvalue weighted by Gasteiger charge is -2.34. The summed E-state index contributed by atoms with van der Waals surface area (Å²) in [6.45, 7) is -0.704. The number of sulfonamides is 1. The van der Waals surface area contributed by atoms with E-state index in [2.05, 4.69) is 21.2 Å². The molecule has 3 aromatic carbocycles. The van der Waals surface area contributed by atoms with Crippen LogP contribution in [-0.4, -0.2) is 62.0 Å². The molecule has 0 aromatic heterocycles. The first-order valence-corrected chi connectivity index (χ1v) is 16.8. The molecule has 4 rings (SSSR count). The number of nitro groups is 1. The van der Waals surface area contributed by atoms with Gasteiger partial charge in [-0.2, -0.15) is 0 Å². The van der Waals surface area contributed by atoms with E-state index in [-0.39, 0.29) is 42.0 Å². The van der Waals surface area contributed by atoms with Gasteiger partial charge in [-0.15, -0.1) is 0 Å². The Morgan fingerprint density at radius 2 is 1.73 bits per heavy atom. The van der Waals surface area contributed by atoms with Gasteiger partial charge in [0.15, 0.2) is 0 Å². The molecule has 0 heterocycles. The minimum atomic E-state index is -4.15. The van der Waals surface area contributed by atoms with Crippen molar-refractivity contribution in [1.82, 2.24) is 10.2 Å². The number of nitrogens with one attached hydrogen (secondary N) is 1. The van der Waals surface area contributed by atoms with Gasteiger partial charge in [0.05, 0.1) is 18.3 Å². The Balaban J connectivity index is 1.78. The molecule has 234 valence electrons. The van der Waals surface area contributed by atoms with Crippen LogP contribution in [0.2, 0.25) is 0 Å². The van der Waals surface area contributed by atoms with Crippen LogP contribution in [0.4, 0.5) is 11.4 Å². The van der Waals surface area contributed by atoms with Gasteiger partial charge < -0.3 is 15.0 Å². The van der Waals surface area contributed by atoms with E-state index < -0.39 is 33.4 Å². The molecule has 1 N–H and O–H groups in total. The Morgan fingerprint density at radius 1 is 1.05 bits per heavy atom. The number of amides is 2. The second-order valence-corrected chi connectivity index (χ2v) is 13.6. The molecule has 1 aliphatic carbocycles. The molecular formula is C31H35BrN4O7S. The number of hydrogen-bond acceptors (Lipinski definition) is 7. The van der Waals surface area contributed by atoms with Gasteiger partial charge in [-0.1, -0.05) is 71.2 Å². The fourth-order valence-corrected chi connectivity index (χ4v) is 6.63. The van der Waals surface area contributed by atoms with Crippen molar-refractivity contribution < 1.29 is 27.7 Å². The molecule has 0 saturated heterocycles. The number of rotatable bonds is 13. The number of non-ortho nitro benzene ring substituents is 1. The van der Waals surface area contributed by atoms with Crippen molar-refractivity contribution >= 4 is 49.1 Å². The van der Waals surface area contributed by atoms with Crippen molar-refractivity contribution in [3.63, 3.8) is 0 Å². The van der Waals surface area contributed by atoms with Crippen LogP contribution in [0.25, 0.3) is 0 Å². The summed E-state index contributed by atoms with van der Waals surface area (Å²) in [6.07, 6.45) is 4.80. The van der Waals surface area contributed by atoms with Gasteiger partial charge >= 0.3 is 0 Å². The van der Waals surface area contributed by atoms with E-state index in [4.69, 9.17) is 4.74 Å². The molecule has 1 atom stereocenters. The highest BCUT2D eigenvalue weighted by Crippen LogP contribution is 2.34. The maximum atomic E-state index is 14.3. The molecule has 0 radical (unpaired) electrons. The number of methoxy groups -OCH3 is 1. The topological polar surface area (TPSA) is 139 Å². The highest BCUT2D eigenvalue weighted by atomic mass is 79.9. The zero-order valence-electron chi connectivity index (χ0n) is 24.5. The second-order valence-electron chi connectivity index (χ2n) is 10.7. The Morgan fingerprint density at radius 3 is 2.34 bits per heavy atom. The molecule has 2 amide bonds. The molecule has 0 unspecified atom stereocenters. The number of nitro benzene ring substituents is 1. The summed E-state index contributed by atoms with van der Waals surface area (Å²) < 4.78 is 33.1. The van der Waals surface area contributed by atoms with Gasteiger partial charge in [0, 0.05) is 35.6 Å². The van der Waals surface area contributed by atoms with Crippen LogP contribution in [-0.2, 0) is 32.6 Å². The van der Waals surface area contributed by atoms with Crippen LogP contribution < -0.4 is 14.4 Å². The quantitative estimate of drug-likeness (QED) is 0.201. The van der Waals surface area contributed by atoms with Gasteiger partial charge in [0.25, 0.3) is 5.69 Å². The third-order valence-corrected chi connectivity index (χ3v) is 9.16. The SMILES string of the molecule is COc1ccc([N+](=O)[O-])cc1N(CC(=O)N(Cc1cccc(Br)c1)[C@H](Cc1ccccc1)C(=O)NC1CCCC1)S(C)(=O)=O. The third kappa shape index (κ3) is 8.56. The number of carbonyl (C=O) groups excluding carboxylic acids is 2. The van der Waals surface area contributed by atoms with E-state index >= 15 is 0 Å². The summed E-state index contributed by atoms with van der Waals surface area (Å²) in [6, 6.07) is 19.1. The average molecular weight is 688 g/mol. The summed E-state index contributed by atoms with van der Waals surface area (Å²) in [4.78, 5) is 40.5. The predicted octanol–water partition coefficient (Wildman–Crippen LogP) is 4.83. The Hall–Kier alpha value is -3.97. The van der Waals surface area contributed by atoms with Crippen molar-refractivity contribution in [3.8, 4) is 5.75 Å². The van der Waals surface area contributed by atoms with E-state index in [1.807, 2.05) is 54.6 Å². The monoisotopic (exact) mass is 686 g/mol. The molecule has 11 nitrogen and oxygen atoms in total. The highest BCUT2D eigenvalue weighted by Gasteiger charge is 2.35. The van der Waals surface area contributed by atoms with Crippen molar-refractivity contribution in [2.75, 3.05) is 24.2 Å². The maximum Gasteiger partial charge on any atom is 0.271 e. The number of anilines is 1. The molecule has 0 spiro atoms. The molecule has 44 heavy (non-hydrogen) atoms. The molecule has 1 aliphatic rings. The summed E-state index contributed by atoms with van der Waals surface area (Å²) >= 11 is 3.46. The fraction of sp³-hybridized carbons (Fsp3) is 0.355. The lowest BCUT2D eigenvalue weighted by Crippen LogP contribution is -2.54. The van der Waals surface area contributed by atoms with Crippen molar-refractivity contribution in [2.24, 2.45) is 0 Å². The van der Waals surface area contributed by atoms with Crippen LogP contribution in [0.5, 0.6) is 5.75 Å². The van der Waals surface area contributed by atoms with E-state index in [1.54, 1.807) is 0 Å². The highest BCUT2D eigenvalue weighted by molar-refractivity contribution is 9.10. The predicted molar refractivity (Wildman–Crippen MR) is 171 cm³/mol. The van der Waals surface area contributed by atoms with E-state index in [1.165, 1.54) is 24.1 Å². The molecular weight excluding hydrogens is 652 g/mol. The number of hydrogen-bond donors (Lipinski definition) is 1. The fourth-order valence-electron chi connectivity index (χ4n) is 5.34. The lowest BCUT2D eigenvalue weighted by atomic mass is 10.0. The van der Waals surface area contributed by atoms with Crippen LogP contribution in [0.1, 0.15) is 36.8 Å². The van der Waals surface area contributed by atoms with Gasteiger partial charge in [-0.3, -0.25) is 24.0 Å². The van der Waals surface area contributed by atoms with Gasteiger partial charge in [-0.25, -0.2) is 8.42 Å². The number of ether oxygens (including phenoxy) is 1. The smallest absolute Gasteiger partial charge is 0.271 e. The van der Waals surface area contributed by atoms with Crippen molar-refractivity contribution in [2.45, 2.75) is 50.7 Å². The first-order valence-electron chi connectivity index (χ1n) is 14.1. The van der Waals surface area contributed by atoms with Gasteiger partial charge in [0.2, 0.25) is 21.8 Å². The third-order valence-electron chi connectivity index (χ3n) is 7.54. The maximum absolute atomic E-state index is 14.3. The van der Waals surface area contributed by atoms with Gasteiger partial charge in [0.1, 0.15) is 24.0 Å². The van der Waals surface area contributed by atoms with E-state index in [0.29, 0.717) is 0 Å². The second kappa shape index (κ2) is 14.7. The van der Waals surface area contributed by atoms with Crippen LogP contribution >= 0.6 is 15.9 Å². The van der Waals surface area contributed by atoms with E-state index in [9.17, 15) is 28.1 Å². The molecule has 1 saturated carbocycles. The first kappa shape index (κ1) is 32.9. The first-order chi connectivity index (χ1) is 21.0. The Kier molecular flexibility index (Phi) is 11.0. The molecule has 0 bridgehead atoms. The minimum Gasteiger partial charge on any atom is -0.495 e. The molecule has 1 fully saturated rings. The zero-order valence-corrected chi connectivity index (χ0v) is 26.9. The summed E-state index contributed by atoms with van der Waals surface area (Å²) in [7, 11) is -2.85. The van der Waals surface area contributed by atoms with Gasteiger partial charge in [-0.05, 0) is 42.2 Å². The Labute approximate surface area is 265 Å². The van der Waals surface area contributed by atoms with Crippen LogP contribution in [0, 0.1) is 10.1 Å². The Bertz CT molecular complexity index is 1600. The molecule has 3 aromatic rings. The van der Waals surface area contributed by atoms with E-state index in [0.717, 1.165) is 57.9 Å². The number of nitrogens with zero attached hydrogens (tertiary/aromatic N) is 3. The molecule has 13 heteroatoms. The van der Waals surface area contributed by atoms with Crippen LogP contribution in [0.3, 0.4) is 0 Å². The minimum absolute atomic E-state index is 0.00903. The lowest BCUT2D eigenvalue weighted by molar-refractivity contribution is -0.384. The number of carbonyl (C=O) groups is 2. The molecule has 0 aliphatic heterocycles. The summed E-state index contributed by atoms with van der Waals surface area (Å²) in [5.41, 5.74) is 1.02. The standard InChI is InChI=1S/C31H35BrN4O7S/c1-43-29-16-15-26(36(39)40)19-27(29)35(44(2,41)42)21-30(37)34(20-23-11-8-12-24(32)17-23)28(18-22-9-4-3-5-10-22)31(38)33-25-13-6-7-14-25/h3-5,8-12,15-17,19,25,28H,6-7,13-14,18,20-21H2,1-2H3,(H,33,38)/t28-/m1/s1.